The maximum atomic E-state index is 12.9. The third-order valence-corrected chi connectivity index (χ3v) is 7.78. The molecule has 32 heavy (non-hydrogen) atoms. The number of nitriles is 1. The summed E-state index contributed by atoms with van der Waals surface area (Å²) in [5, 5.41) is 14.0. The lowest BCUT2D eigenvalue weighted by atomic mass is 9.95. The van der Waals surface area contributed by atoms with Gasteiger partial charge in [-0.1, -0.05) is 25.3 Å². The van der Waals surface area contributed by atoms with Crippen molar-refractivity contribution in [3.8, 4) is 6.07 Å². The number of thioether (sulfide) groups is 1. The van der Waals surface area contributed by atoms with Crippen LogP contribution in [0.1, 0.15) is 59.8 Å². The number of nitrogens with zero attached hydrogens (tertiary/aromatic N) is 3. The topological polar surface area (TPSA) is 95.2 Å². The number of carbonyl (C=O) groups is 3. The molecule has 0 atom stereocenters. The number of thiophene rings is 1. The second kappa shape index (κ2) is 9.35. The lowest BCUT2D eigenvalue weighted by Gasteiger charge is -2.27. The van der Waals surface area contributed by atoms with Crippen LogP contribution >= 0.6 is 23.1 Å². The van der Waals surface area contributed by atoms with Crippen molar-refractivity contribution >= 4 is 52.0 Å². The Morgan fingerprint density at radius 1 is 1.28 bits per heavy atom. The first kappa shape index (κ1) is 22.4. The molecule has 1 saturated carbocycles. The smallest absolute Gasteiger partial charge is 0.294 e. The molecule has 166 valence electrons. The molecule has 4 rings (SSSR count). The Kier molecular flexibility index (Phi) is 6.53. The lowest BCUT2D eigenvalue weighted by Crippen LogP contribution is -2.37. The predicted octanol–water partition coefficient (Wildman–Crippen LogP) is 5.22. The van der Waals surface area contributed by atoms with Crippen molar-refractivity contribution in [1.29, 1.82) is 5.26 Å². The molecule has 2 aliphatic rings. The molecule has 2 aromatic rings. The average Bonchev–Trinajstić information content (AvgIpc) is 3.44. The highest BCUT2D eigenvalue weighted by Crippen LogP contribution is 2.37. The number of carbonyl (C=O) groups excluding carboxylic acids is 3. The molecule has 1 saturated heterocycles. The van der Waals surface area contributed by atoms with Crippen molar-refractivity contribution in [2.24, 2.45) is 0 Å². The van der Waals surface area contributed by atoms with E-state index in [4.69, 9.17) is 0 Å². The van der Waals surface area contributed by atoms with Gasteiger partial charge in [0.05, 0.1) is 10.5 Å². The number of imide groups is 1. The number of aromatic nitrogens is 1. The van der Waals surface area contributed by atoms with Crippen LogP contribution in [0.5, 0.6) is 0 Å². The van der Waals surface area contributed by atoms with Gasteiger partial charge in [0.1, 0.15) is 18.4 Å². The summed E-state index contributed by atoms with van der Waals surface area (Å²) in [7, 11) is 0. The number of anilines is 1. The maximum Gasteiger partial charge on any atom is 0.294 e. The van der Waals surface area contributed by atoms with Crippen LogP contribution < -0.4 is 5.32 Å². The molecule has 7 nitrogen and oxygen atoms in total. The summed E-state index contributed by atoms with van der Waals surface area (Å²) in [4.78, 5) is 40.1. The van der Waals surface area contributed by atoms with Crippen LogP contribution in [0.2, 0.25) is 0 Å². The fraction of sp³-hybridized carbons (Fsp3) is 0.391. The number of amides is 3. The zero-order valence-electron chi connectivity index (χ0n) is 18.0. The molecule has 0 unspecified atom stereocenters. The molecule has 2 fully saturated rings. The molecular formula is C23H24N4O3S2. The zero-order chi connectivity index (χ0) is 22.8. The highest BCUT2D eigenvalue weighted by Gasteiger charge is 2.37. The Morgan fingerprint density at radius 3 is 2.69 bits per heavy atom. The van der Waals surface area contributed by atoms with Gasteiger partial charge in [0.15, 0.2) is 0 Å². The molecule has 3 amide bonds. The summed E-state index contributed by atoms with van der Waals surface area (Å²) >= 11 is 2.30. The van der Waals surface area contributed by atoms with Gasteiger partial charge in [-0.2, -0.15) is 5.26 Å². The standard InChI is InChI=1S/C23H24N4O3S2/c1-14-15(2)27(16-7-4-3-5-8-16)21(18(14)12-24)25-20(28)13-26-22(29)19(32-23(26)30)11-17-9-6-10-31-17/h6,9-11,16H,3-5,7-8,13H2,1-2H3,(H,25,28)/b19-11-. The summed E-state index contributed by atoms with van der Waals surface area (Å²) in [5.74, 6) is -0.490. The van der Waals surface area contributed by atoms with Gasteiger partial charge in [0.25, 0.3) is 11.1 Å². The Hall–Kier alpha value is -2.83. The fourth-order valence-electron chi connectivity index (χ4n) is 4.34. The molecule has 1 aliphatic heterocycles. The number of rotatable bonds is 5. The van der Waals surface area contributed by atoms with Crippen molar-refractivity contribution < 1.29 is 14.4 Å². The van der Waals surface area contributed by atoms with Crippen LogP contribution in [-0.2, 0) is 9.59 Å². The summed E-state index contributed by atoms with van der Waals surface area (Å²) in [6, 6.07) is 6.17. The number of hydrogen-bond donors (Lipinski definition) is 1. The highest BCUT2D eigenvalue weighted by atomic mass is 32.2. The van der Waals surface area contributed by atoms with Crippen LogP contribution in [-0.4, -0.2) is 33.1 Å². The van der Waals surface area contributed by atoms with Crippen LogP contribution in [0.4, 0.5) is 10.6 Å². The van der Waals surface area contributed by atoms with Gasteiger partial charge >= 0.3 is 0 Å². The van der Waals surface area contributed by atoms with Gasteiger partial charge in [-0.15, -0.1) is 11.3 Å². The first-order chi connectivity index (χ1) is 15.4. The normalized spacial score (nSPS) is 18.4. The molecule has 0 spiro atoms. The molecule has 3 heterocycles. The second-order valence-corrected chi connectivity index (χ2v) is 10.0. The van der Waals surface area contributed by atoms with E-state index >= 15 is 0 Å². The molecule has 0 radical (unpaired) electrons. The predicted molar refractivity (Wildman–Crippen MR) is 126 cm³/mol. The molecule has 2 aromatic heterocycles. The SMILES string of the molecule is Cc1c(C#N)c(NC(=O)CN2C(=O)S/C(=C\c3cccs3)C2=O)n(C2CCCCC2)c1C. The van der Waals surface area contributed by atoms with Gasteiger partial charge < -0.3 is 9.88 Å². The van der Waals surface area contributed by atoms with Crippen molar-refractivity contribution in [2.45, 2.75) is 52.0 Å². The molecule has 9 heteroatoms. The minimum atomic E-state index is -0.490. The Bertz CT molecular complexity index is 1140. The number of nitrogens with one attached hydrogen (secondary N) is 1. The lowest BCUT2D eigenvalue weighted by molar-refractivity contribution is -0.127. The summed E-state index contributed by atoms with van der Waals surface area (Å²) < 4.78 is 2.06. The van der Waals surface area contributed by atoms with E-state index < -0.39 is 17.1 Å². The van der Waals surface area contributed by atoms with Gasteiger partial charge in [-0.05, 0) is 61.5 Å². The third kappa shape index (κ3) is 4.25. The molecule has 1 N–H and O–H groups in total. The Labute approximate surface area is 195 Å². The van der Waals surface area contributed by atoms with E-state index in [0.717, 1.165) is 58.5 Å². The van der Waals surface area contributed by atoms with E-state index in [1.165, 1.54) is 17.8 Å². The third-order valence-electron chi connectivity index (χ3n) is 6.06. The highest BCUT2D eigenvalue weighted by molar-refractivity contribution is 8.18. The van der Waals surface area contributed by atoms with Gasteiger partial charge in [-0.3, -0.25) is 19.3 Å². The van der Waals surface area contributed by atoms with E-state index in [1.807, 2.05) is 31.4 Å². The van der Waals surface area contributed by atoms with Crippen molar-refractivity contribution in [1.82, 2.24) is 9.47 Å². The minimum absolute atomic E-state index is 0.228. The molecule has 0 aromatic carbocycles. The van der Waals surface area contributed by atoms with Crippen LogP contribution in [0, 0.1) is 25.2 Å². The first-order valence-electron chi connectivity index (χ1n) is 10.6. The minimum Gasteiger partial charge on any atom is -0.327 e. The summed E-state index contributed by atoms with van der Waals surface area (Å²) in [5.41, 5.74) is 2.25. The van der Waals surface area contributed by atoms with Crippen LogP contribution in [0.25, 0.3) is 6.08 Å². The fourth-order valence-corrected chi connectivity index (χ4v) is 5.90. The van der Waals surface area contributed by atoms with Crippen LogP contribution in [0.3, 0.4) is 0 Å². The summed E-state index contributed by atoms with van der Waals surface area (Å²) in [6.07, 6.45) is 7.09. The van der Waals surface area contributed by atoms with Crippen molar-refractivity contribution in [2.75, 3.05) is 11.9 Å². The quantitative estimate of drug-likeness (QED) is 0.607. The first-order valence-corrected chi connectivity index (χ1v) is 12.3. The average molecular weight is 469 g/mol. The Morgan fingerprint density at radius 2 is 2.03 bits per heavy atom. The Balaban J connectivity index is 1.54. The van der Waals surface area contributed by atoms with Crippen molar-refractivity contribution in [3.05, 3.63) is 44.1 Å². The van der Waals surface area contributed by atoms with E-state index in [0.29, 0.717) is 16.3 Å². The zero-order valence-corrected chi connectivity index (χ0v) is 19.6. The van der Waals surface area contributed by atoms with Gasteiger partial charge in [-0.25, -0.2) is 0 Å². The molecular weight excluding hydrogens is 444 g/mol. The van der Waals surface area contributed by atoms with E-state index in [-0.39, 0.29) is 12.6 Å². The van der Waals surface area contributed by atoms with E-state index in [1.54, 1.807) is 6.08 Å². The van der Waals surface area contributed by atoms with Crippen molar-refractivity contribution in [3.63, 3.8) is 0 Å². The van der Waals surface area contributed by atoms with Gasteiger partial charge in [0.2, 0.25) is 5.91 Å². The largest absolute Gasteiger partial charge is 0.327 e. The van der Waals surface area contributed by atoms with Crippen LogP contribution in [0.15, 0.2) is 22.4 Å². The molecule has 1 aliphatic carbocycles. The second-order valence-electron chi connectivity index (χ2n) is 8.04. The maximum absolute atomic E-state index is 12.9. The van der Waals surface area contributed by atoms with E-state index in [2.05, 4.69) is 16.0 Å². The monoisotopic (exact) mass is 468 g/mol. The van der Waals surface area contributed by atoms with Gasteiger partial charge in [0, 0.05) is 16.6 Å². The number of hydrogen-bond acceptors (Lipinski definition) is 6. The van der Waals surface area contributed by atoms with E-state index in [9.17, 15) is 19.6 Å². The molecule has 0 bridgehead atoms. The summed E-state index contributed by atoms with van der Waals surface area (Å²) in [6.45, 7) is 3.46.